The molecule has 4 rings (SSSR count). The van der Waals surface area contributed by atoms with Crippen molar-refractivity contribution in [3.8, 4) is 28.0 Å². The molecule has 3 heteroatoms. The van der Waals surface area contributed by atoms with Crippen molar-refractivity contribution < 1.29 is 13.5 Å². The van der Waals surface area contributed by atoms with Crippen molar-refractivity contribution in [2.24, 2.45) is 11.3 Å². The molecule has 0 unspecified atom stereocenters. The van der Waals surface area contributed by atoms with Gasteiger partial charge >= 0.3 is 0 Å². The minimum absolute atomic E-state index is 0.269. The standard InChI is InChI=1S/C38H50F2O/c1-7-27-22-32(23-28(8-2)37(27)41-21-20-38(9-3,10-4)11-5)34-19-17-31(25-36(34)40)33-18-16-30(24-35(33)39)29-14-12-26(6)13-15-29/h16-19,22-26,29H,7-15,20-21H2,1-6H3. The zero-order chi connectivity index (χ0) is 29.6. The molecular formula is C38H50F2O. The first-order chi connectivity index (χ1) is 19.8. The second kappa shape index (κ2) is 14.0. The molecule has 1 aliphatic carbocycles. The highest BCUT2D eigenvalue weighted by molar-refractivity contribution is 5.73. The molecular weight excluding hydrogens is 510 g/mol. The van der Waals surface area contributed by atoms with E-state index in [1.54, 1.807) is 12.1 Å². The Morgan fingerprint density at radius 1 is 0.707 bits per heavy atom. The van der Waals surface area contributed by atoms with Gasteiger partial charge in [0.05, 0.1) is 6.61 Å². The Balaban J connectivity index is 1.57. The van der Waals surface area contributed by atoms with E-state index >= 15 is 8.78 Å². The summed E-state index contributed by atoms with van der Waals surface area (Å²) in [6.45, 7) is 14.1. The lowest BCUT2D eigenvalue weighted by molar-refractivity contribution is 0.172. The zero-order valence-electron chi connectivity index (χ0n) is 26.2. The third-order valence-electron chi connectivity index (χ3n) is 10.2. The molecule has 0 aliphatic heterocycles. The molecule has 0 atom stereocenters. The average Bonchev–Trinajstić information content (AvgIpc) is 2.99. The van der Waals surface area contributed by atoms with Crippen LogP contribution in [0.15, 0.2) is 48.5 Å². The van der Waals surface area contributed by atoms with Gasteiger partial charge in [-0.2, -0.15) is 0 Å². The van der Waals surface area contributed by atoms with Crippen molar-refractivity contribution in [3.63, 3.8) is 0 Å². The first-order valence-corrected chi connectivity index (χ1v) is 16.2. The Hall–Kier alpha value is -2.68. The molecule has 0 radical (unpaired) electrons. The first kappa shape index (κ1) is 31.3. The summed E-state index contributed by atoms with van der Waals surface area (Å²) in [5.74, 6) is 1.55. The number of aryl methyl sites for hydroxylation is 2. The van der Waals surface area contributed by atoms with Crippen LogP contribution in [0.4, 0.5) is 8.78 Å². The molecule has 0 bridgehead atoms. The van der Waals surface area contributed by atoms with Gasteiger partial charge in [0.1, 0.15) is 17.4 Å². The largest absolute Gasteiger partial charge is 0.493 e. The monoisotopic (exact) mass is 560 g/mol. The molecule has 0 amide bonds. The van der Waals surface area contributed by atoms with E-state index in [0.717, 1.165) is 85.3 Å². The van der Waals surface area contributed by atoms with E-state index in [4.69, 9.17) is 4.74 Å². The lowest BCUT2D eigenvalue weighted by atomic mass is 9.77. The van der Waals surface area contributed by atoms with Crippen molar-refractivity contribution >= 4 is 0 Å². The van der Waals surface area contributed by atoms with Gasteiger partial charge in [-0.1, -0.05) is 97.9 Å². The van der Waals surface area contributed by atoms with Crippen molar-refractivity contribution in [3.05, 3.63) is 76.9 Å². The summed E-state index contributed by atoms with van der Waals surface area (Å²) < 4.78 is 37.3. The van der Waals surface area contributed by atoms with Crippen LogP contribution in [0.25, 0.3) is 22.3 Å². The van der Waals surface area contributed by atoms with Gasteiger partial charge in [0.2, 0.25) is 0 Å². The number of hydrogen-bond acceptors (Lipinski definition) is 1. The fourth-order valence-corrected chi connectivity index (χ4v) is 6.80. The Morgan fingerprint density at radius 3 is 1.80 bits per heavy atom. The van der Waals surface area contributed by atoms with Crippen LogP contribution in [0.1, 0.15) is 116 Å². The van der Waals surface area contributed by atoms with Gasteiger partial charge in [0, 0.05) is 11.1 Å². The predicted molar refractivity (Wildman–Crippen MR) is 170 cm³/mol. The molecule has 0 heterocycles. The van der Waals surface area contributed by atoms with Gasteiger partial charge in [0.15, 0.2) is 0 Å². The Morgan fingerprint density at radius 2 is 1.27 bits per heavy atom. The van der Waals surface area contributed by atoms with Crippen molar-refractivity contribution in [2.75, 3.05) is 6.61 Å². The SMILES string of the molecule is CCc1cc(-c2ccc(-c3ccc(C4CCC(C)CC4)cc3F)cc2F)cc(CC)c1OCCC(CC)(CC)CC. The highest BCUT2D eigenvalue weighted by Gasteiger charge is 2.25. The van der Waals surface area contributed by atoms with Crippen LogP contribution in [-0.4, -0.2) is 6.61 Å². The maximum atomic E-state index is 15.6. The van der Waals surface area contributed by atoms with E-state index in [1.807, 2.05) is 18.2 Å². The molecule has 3 aromatic rings. The van der Waals surface area contributed by atoms with E-state index < -0.39 is 0 Å². The smallest absolute Gasteiger partial charge is 0.131 e. The molecule has 3 aromatic carbocycles. The second-order valence-corrected chi connectivity index (χ2v) is 12.4. The number of rotatable bonds is 12. The molecule has 1 aliphatic rings. The van der Waals surface area contributed by atoms with Crippen LogP contribution in [0.3, 0.4) is 0 Å². The molecule has 1 fully saturated rings. The van der Waals surface area contributed by atoms with Crippen molar-refractivity contribution in [1.29, 1.82) is 0 Å². The number of benzene rings is 3. The minimum Gasteiger partial charge on any atom is -0.493 e. The summed E-state index contributed by atoms with van der Waals surface area (Å²) in [5, 5.41) is 0. The fraction of sp³-hybridized carbons (Fsp3) is 0.526. The topological polar surface area (TPSA) is 9.23 Å². The van der Waals surface area contributed by atoms with Gasteiger partial charge in [-0.3, -0.25) is 0 Å². The van der Waals surface area contributed by atoms with E-state index in [-0.39, 0.29) is 11.6 Å². The third kappa shape index (κ3) is 7.04. The van der Waals surface area contributed by atoms with Gasteiger partial charge in [-0.15, -0.1) is 0 Å². The number of hydrogen-bond donors (Lipinski definition) is 0. The normalized spacial score (nSPS) is 17.6. The van der Waals surface area contributed by atoms with Crippen LogP contribution >= 0.6 is 0 Å². The van der Waals surface area contributed by atoms with E-state index in [0.29, 0.717) is 34.6 Å². The lowest BCUT2D eigenvalue weighted by Crippen LogP contribution is -2.21. The molecule has 0 N–H and O–H groups in total. The van der Waals surface area contributed by atoms with Gasteiger partial charge < -0.3 is 4.74 Å². The van der Waals surface area contributed by atoms with Crippen LogP contribution in [-0.2, 0) is 12.8 Å². The molecule has 1 saturated carbocycles. The molecule has 0 spiro atoms. The highest BCUT2D eigenvalue weighted by atomic mass is 19.1. The molecule has 0 saturated heterocycles. The minimum atomic E-state index is -0.330. The maximum absolute atomic E-state index is 15.6. The first-order valence-electron chi connectivity index (χ1n) is 16.2. The van der Waals surface area contributed by atoms with Crippen LogP contribution < -0.4 is 4.74 Å². The van der Waals surface area contributed by atoms with Gasteiger partial charge in [-0.25, -0.2) is 8.78 Å². The van der Waals surface area contributed by atoms with E-state index in [9.17, 15) is 0 Å². The van der Waals surface area contributed by atoms with Crippen LogP contribution in [0.2, 0.25) is 0 Å². The summed E-state index contributed by atoms with van der Waals surface area (Å²) in [7, 11) is 0. The van der Waals surface area contributed by atoms with Crippen LogP contribution in [0.5, 0.6) is 5.75 Å². The summed E-state index contributed by atoms with van der Waals surface area (Å²) in [6, 6.07) is 14.8. The average molecular weight is 561 g/mol. The fourth-order valence-electron chi connectivity index (χ4n) is 6.80. The Bertz CT molecular complexity index is 1260. The highest BCUT2D eigenvalue weighted by Crippen LogP contribution is 2.39. The quantitative estimate of drug-likeness (QED) is 0.214. The molecule has 0 aromatic heterocycles. The van der Waals surface area contributed by atoms with Gasteiger partial charge in [0.25, 0.3) is 0 Å². The molecule has 1 nitrogen and oxygen atoms in total. The van der Waals surface area contributed by atoms with Crippen molar-refractivity contribution in [2.45, 2.75) is 112 Å². The summed E-state index contributed by atoms with van der Waals surface area (Å²) in [6.07, 6.45) is 10.8. The zero-order valence-corrected chi connectivity index (χ0v) is 26.2. The summed E-state index contributed by atoms with van der Waals surface area (Å²) in [5.41, 5.74) is 6.04. The summed E-state index contributed by atoms with van der Waals surface area (Å²) >= 11 is 0. The van der Waals surface area contributed by atoms with E-state index in [1.165, 1.54) is 18.9 Å². The van der Waals surface area contributed by atoms with Crippen LogP contribution in [0, 0.1) is 23.0 Å². The summed E-state index contributed by atoms with van der Waals surface area (Å²) in [4.78, 5) is 0. The lowest BCUT2D eigenvalue weighted by Gasteiger charge is -2.30. The second-order valence-electron chi connectivity index (χ2n) is 12.4. The molecule has 41 heavy (non-hydrogen) atoms. The van der Waals surface area contributed by atoms with Crippen molar-refractivity contribution in [1.82, 2.24) is 0 Å². The number of ether oxygens (including phenoxy) is 1. The Kier molecular flexibility index (Phi) is 10.7. The predicted octanol–water partition coefficient (Wildman–Crippen LogP) is 11.7. The van der Waals surface area contributed by atoms with Gasteiger partial charge in [-0.05, 0) is 101 Å². The molecule has 222 valence electrons. The van der Waals surface area contributed by atoms with E-state index in [2.05, 4.69) is 53.7 Å². The third-order valence-corrected chi connectivity index (χ3v) is 10.2. The Labute approximate surface area is 247 Å². The number of halogens is 2. The maximum Gasteiger partial charge on any atom is 0.131 e.